The Morgan fingerprint density at radius 2 is 1.76 bits per heavy atom. The van der Waals surface area contributed by atoms with Crippen molar-refractivity contribution >= 4 is 5.91 Å². The Hall–Kier alpha value is -1.49. The van der Waals surface area contributed by atoms with E-state index in [-0.39, 0.29) is 17.9 Å². The molecule has 4 rings (SSSR count). The second-order valence-electron chi connectivity index (χ2n) is 8.08. The molecule has 1 saturated carbocycles. The molecule has 1 spiro atoms. The second-order valence-corrected chi connectivity index (χ2v) is 8.08. The van der Waals surface area contributed by atoms with Crippen molar-refractivity contribution in [1.82, 2.24) is 9.80 Å². The van der Waals surface area contributed by atoms with E-state index in [1.54, 1.807) is 0 Å². The van der Waals surface area contributed by atoms with Crippen molar-refractivity contribution in [2.24, 2.45) is 5.41 Å². The maximum atomic E-state index is 13.8. The maximum Gasteiger partial charge on any atom is 0.227 e. The van der Waals surface area contributed by atoms with Gasteiger partial charge in [-0.15, -0.1) is 0 Å². The van der Waals surface area contributed by atoms with E-state index in [0.29, 0.717) is 5.41 Å². The molecule has 0 bridgehead atoms. The highest BCUT2D eigenvalue weighted by atomic mass is 19.2. The van der Waals surface area contributed by atoms with Gasteiger partial charge in [0.25, 0.3) is 0 Å². The Balaban J connectivity index is 1.29. The molecule has 0 aromatic heterocycles. The molecule has 136 valence electrons. The number of rotatable bonds is 3. The third-order valence-corrected chi connectivity index (χ3v) is 6.54. The third kappa shape index (κ3) is 3.31. The molecule has 0 unspecified atom stereocenters. The molecule has 1 aliphatic carbocycles. The van der Waals surface area contributed by atoms with Gasteiger partial charge in [-0.3, -0.25) is 4.79 Å². The minimum absolute atomic E-state index is 0.0486. The molecule has 0 atom stereocenters. The summed E-state index contributed by atoms with van der Waals surface area (Å²) >= 11 is 0. The molecule has 3 aliphatic rings. The number of amides is 1. The Morgan fingerprint density at radius 3 is 2.44 bits per heavy atom. The Bertz CT molecular complexity index is 641. The van der Waals surface area contributed by atoms with E-state index in [1.165, 1.54) is 50.9 Å². The largest absolute Gasteiger partial charge is 0.342 e. The molecule has 3 nitrogen and oxygen atoms in total. The number of likely N-dealkylation sites (tertiary alicyclic amines) is 2. The van der Waals surface area contributed by atoms with Crippen LogP contribution >= 0.6 is 0 Å². The molecule has 5 heteroatoms. The van der Waals surface area contributed by atoms with E-state index >= 15 is 0 Å². The summed E-state index contributed by atoms with van der Waals surface area (Å²) in [5.74, 6) is -1.86. The van der Waals surface area contributed by atoms with Crippen LogP contribution in [0.3, 0.4) is 0 Å². The average Bonchev–Trinajstić information content (AvgIpc) is 3.11. The van der Waals surface area contributed by atoms with Crippen molar-refractivity contribution in [2.75, 3.05) is 26.2 Å². The van der Waals surface area contributed by atoms with Gasteiger partial charge in [-0.2, -0.15) is 0 Å². The first-order valence-corrected chi connectivity index (χ1v) is 9.51. The summed E-state index contributed by atoms with van der Waals surface area (Å²) in [6.07, 6.45) is 7.27. The van der Waals surface area contributed by atoms with E-state index in [2.05, 4.69) is 4.90 Å². The van der Waals surface area contributed by atoms with E-state index < -0.39 is 11.6 Å². The molecule has 1 aromatic carbocycles. The molecule has 3 fully saturated rings. The summed E-state index contributed by atoms with van der Waals surface area (Å²) in [6.45, 7) is 4.01. The number of nitrogens with zero attached hydrogens (tertiary/aromatic N) is 2. The molecule has 2 heterocycles. The monoisotopic (exact) mass is 348 g/mol. The van der Waals surface area contributed by atoms with Gasteiger partial charge in [0.2, 0.25) is 5.91 Å². The van der Waals surface area contributed by atoms with Crippen LogP contribution in [0.4, 0.5) is 8.78 Å². The van der Waals surface area contributed by atoms with Crippen LogP contribution in [0, 0.1) is 17.0 Å². The van der Waals surface area contributed by atoms with Crippen LogP contribution in [-0.4, -0.2) is 47.9 Å². The maximum absolute atomic E-state index is 13.8. The smallest absolute Gasteiger partial charge is 0.227 e. The number of carbonyl (C=O) groups excluding carboxylic acids is 1. The zero-order valence-corrected chi connectivity index (χ0v) is 14.6. The van der Waals surface area contributed by atoms with E-state index in [4.69, 9.17) is 0 Å². The lowest BCUT2D eigenvalue weighted by Crippen LogP contribution is -2.55. The SMILES string of the molecule is O=C(Cc1cccc(F)c1F)N1CCC2(CC1)CC(N1CCCC1)C2. The standard InChI is InChI=1S/C20H26F2N2O/c21-17-5-3-4-15(19(17)22)12-18(25)24-10-6-20(7-11-24)13-16(14-20)23-8-1-2-9-23/h3-5,16H,1-2,6-14H2. The van der Waals surface area contributed by atoms with E-state index in [0.717, 1.165) is 38.0 Å². The Kier molecular flexibility index (Phi) is 4.52. The molecule has 2 aliphatic heterocycles. The average molecular weight is 348 g/mol. The number of hydrogen-bond acceptors (Lipinski definition) is 2. The van der Waals surface area contributed by atoms with Gasteiger partial charge in [0.1, 0.15) is 0 Å². The lowest BCUT2D eigenvalue weighted by molar-refractivity contribution is -0.135. The molecule has 2 saturated heterocycles. The molecule has 0 radical (unpaired) electrons. The quantitative estimate of drug-likeness (QED) is 0.836. The number of hydrogen-bond donors (Lipinski definition) is 0. The van der Waals surface area contributed by atoms with Gasteiger partial charge < -0.3 is 9.80 Å². The zero-order valence-electron chi connectivity index (χ0n) is 14.6. The van der Waals surface area contributed by atoms with E-state index in [1.807, 2.05) is 4.90 Å². The van der Waals surface area contributed by atoms with Gasteiger partial charge in [0.15, 0.2) is 11.6 Å². The first-order chi connectivity index (χ1) is 12.1. The molecule has 0 N–H and O–H groups in total. The third-order valence-electron chi connectivity index (χ3n) is 6.54. The van der Waals surface area contributed by atoms with Crippen molar-refractivity contribution in [3.63, 3.8) is 0 Å². The van der Waals surface area contributed by atoms with Crippen molar-refractivity contribution in [3.8, 4) is 0 Å². The van der Waals surface area contributed by atoms with Crippen LogP contribution in [0.25, 0.3) is 0 Å². The van der Waals surface area contributed by atoms with Gasteiger partial charge in [-0.25, -0.2) is 8.78 Å². The van der Waals surface area contributed by atoms with Gasteiger partial charge in [0.05, 0.1) is 6.42 Å². The number of carbonyl (C=O) groups is 1. The molecule has 1 aromatic rings. The predicted molar refractivity (Wildman–Crippen MR) is 92.1 cm³/mol. The van der Waals surface area contributed by atoms with Gasteiger partial charge in [-0.1, -0.05) is 12.1 Å². The second kappa shape index (κ2) is 6.67. The number of piperidine rings is 1. The fourth-order valence-corrected chi connectivity index (χ4v) is 4.90. The fourth-order valence-electron chi connectivity index (χ4n) is 4.90. The van der Waals surface area contributed by atoms with Crippen molar-refractivity contribution in [3.05, 3.63) is 35.4 Å². The molecule has 25 heavy (non-hydrogen) atoms. The predicted octanol–water partition coefficient (Wildman–Crippen LogP) is 3.37. The van der Waals surface area contributed by atoms with Crippen LogP contribution in [-0.2, 0) is 11.2 Å². The van der Waals surface area contributed by atoms with Gasteiger partial charge >= 0.3 is 0 Å². The Morgan fingerprint density at radius 1 is 1.08 bits per heavy atom. The van der Waals surface area contributed by atoms with Gasteiger partial charge in [0, 0.05) is 24.7 Å². The molecular weight excluding hydrogens is 322 g/mol. The van der Waals surface area contributed by atoms with Crippen molar-refractivity contribution in [2.45, 2.75) is 51.0 Å². The molecular formula is C20H26F2N2O. The number of halogens is 2. The van der Waals surface area contributed by atoms with Crippen LogP contribution in [0.15, 0.2) is 18.2 Å². The van der Waals surface area contributed by atoms with E-state index in [9.17, 15) is 13.6 Å². The highest BCUT2D eigenvalue weighted by molar-refractivity contribution is 5.79. The zero-order chi connectivity index (χ0) is 17.4. The van der Waals surface area contributed by atoms with Crippen LogP contribution in [0.1, 0.15) is 44.1 Å². The highest BCUT2D eigenvalue weighted by Crippen LogP contribution is 2.51. The van der Waals surface area contributed by atoms with Crippen LogP contribution in [0.2, 0.25) is 0 Å². The topological polar surface area (TPSA) is 23.6 Å². The highest BCUT2D eigenvalue weighted by Gasteiger charge is 2.48. The Labute approximate surface area is 148 Å². The lowest BCUT2D eigenvalue weighted by Gasteiger charge is -2.54. The normalized spacial score (nSPS) is 23.8. The van der Waals surface area contributed by atoms with Crippen LogP contribution in [0.5, 0.6) is 0 Å². The first-order valence-electron chi connectivity index (χ1n) is 9.51. The summed E-state index contributed by atoms with van der Waals surface area (Å²) in [5, 5.41) is 0. The van der Waals surface area contributed by atoms with Crippen LogP contribution < -0.4 is 0 Å². The summed E-state index contributed by atoms with van der Waals surface area (Å²) in [7, 11) is 0. The minimum Gasteiger partial charge on any atom is -0.342 e. The summed E-state index contributed by atoms with van der Waals surface area (Å²) in [4.78, 5) is 16.9. The van der Waals surface area contributed by atoms with Crippen molar-refractivity contribution in [1.29, 1.82) is 0 Å². The summed E-state index contributed by atoms with van der Waals surface area (Å²) in [6, 6.07) is 4.79. The van der Waals surface area contributed by atoms with Gasteiger partial charge in [-0.05, 0) is 63.1 Å². The summed E-state index contributed by atoms with van der Waals surface area (Å²) < 4.78 is 27.0. The first kappa shape index (κ1) is 17.0. The van der Waals surface area contributed by atoms with Crippen molar-refractivity contribution < 1.29 is 13.6 Å². The number of benzene rings is 1. The lowest BCUT2D eigenvalue weighted by atomic mass is 9.60. The molecule has 1 amide bonds. The fraction of sp³-hybridized carbons (Fsp3) is 0.650. The summed E-state index contributed by atoms with van der Waals surface area (Å²) in [5.41, 5.74) is 0.580. The minimum atomic E-state index is -0.892.